The Morgan fingerprint density at radius 1 is 1.33 bits per heavy atom. The number of rotatable bonds is 2. The molecular formula is C12H22N4O2. The number of primary amides is 1. The smallest absolute Gasteiger partial charge is 0.241 e. The van der Waals surface area contributed by atoms with Crippen LogP contribution in [0.2, 0.25) is 0 Å². The third kappa shape index (κ3) is 2.49. The fourth-order valence-corrected chi connectivity index (χ4v) is 2.53. The van der Waals surface area contributed by atoms with Gasteiger partial charge in [0, 0.05) is 32.2 Å². The highest BCUT2D eigenvalue weighted by Gasteiger charge is 2.42. The van der Waals surface area contributed by atoms with Gasteiger partial charge in [0.05, 0.1) is 11.5 Å². The van der Waals surface area contributed by atoms with Crippen molar-refractivity contribution in [2.75, 3.05) is 26.2 Å². The van der Waals surface area contributed by atoms with Crippen LogP contribution < -0.4 is 16.4 Å². The topological polar surface area (TPSA) is 87.5 Å². The number of amides is 2. The molecule has 18 heavy (non-hydrogen) atoms. The Balaban J connectivity index is 1.93. The van der Waals surface area contributed by atoms with Gasteiger partial charge in [0.2, 0.25) is 11.8 Å². The molecule has 3 atom stereocenters. The molecule has 6 nitrogen and oxygen atoms in total. The third-order valence-electron chi connectivity index (χ3n) is 4.02. The van der Waals surface area contributed by atoms with Crippen molar-refractivity contribution in [2.45, 2.75) is 32.4 Å². The van der Waals surface area contributed by atoms with Gasteiger partial charge in [0.15, 0.2) is 0 Å². The Morgan fingerprint density at radius 2 is 2.06 bits per heavy atom. The Kier molecular flexibility index (Phi) is 3.59. The van der Waals surface area contributed by atoms with Crippen molar-refractivity contribution < 1.29 is 9.59 Å². The third-order valence-corrected chi connectivity index (χ3v) is 4.02. The van der Waals surface area contributed by atoms with Crippen LogP contribution in [0.25, 0.3) is 0 Å². The first-order valence-electron chi connectivity index (χ1n) is 6.48. The maximum Gasteiger partial charge on any atom is 0.241 e. The van der Waals surface area contributed by atoms with Gasteiger partial charge in [-0.05, 0) is 20.3 Å². The summed E-state index contributed by atoms with van der Waals surface area (Å²) in [4.78, 5) is 25.4. The lowest BCUT2D eigenvalue weighted by Crippen LogP contribution is -2.59. The summed E-state index contributed by atoms with van der Waals surface area (Å²) >= 11 is 0. The minimum Gasteiger partial charge on any atom is -0.369 e. The molecule has 2 heterocycles. The minimum absolute atomic E-state index is 0.0689. The average molecular weight is 254 g/mol. The molecule has 0 aliphatic carbocycles. The summed E-state index contributed by atoms with van der Waals surface area (Å²) < 4.78 is 0. The zero-order valence-corrected chi connectivity index (χ0v) is 11.0. The van der Waals surface area contributed by atoms with Gasteiger partial charge in [-0.3, -0.25) is 9.59 Å². The number of nitrogens with two attached hydrogens (primary N) is 1. The van der Waals surface area contributed by atoms with Gasteiger partial charge in [-0.1, -0.05) is 0 Å². The predicted octanol–water partition coefficient (Wildman–Crippen LogP) is -1.34. The molecule has 0 bridgehead atoms. The summed E-state index contributed by atoms with van der Waals surface area (Å²) in [6.07, 6.45) is 0.657. The van der Waals surface area contributed by atoms with Crippen LogP contribution in [-0.2, 0) is 9.59 Å². The molecular weight excluding hydrogens is 232 g/mol. The molecule has 0 aromatic heterocycles. The van der Waals surface area contributed by atoms with E-state index < -0.39 is 5.41 Å². The SMILES string of the molecule is CC1CNC(C(=O)N2CCC(C)(C(N)=O)C2)CN1. The van der Waals surface area contributed by atoms with E-state index in [4.69, 9.17) is 5.73 Å². The first kappa shape index (κ1) is 13.3. The minimum atomic E-state index is -0.564. The molecule has 0 spiro atoms. The molecule has 2 aliphatic heterocycles. The zero-order valence-electron chi connectivity index (χ0n) is 11.0. The van der Waals surface area contributed by atoms with Gasteiger partial charge in [0.25, 0.3) is 0 Å². The van der Waals surface area contributed by atoms with Crippen molar-refractivity contribution in [1.29, 1.82) is 0 Å². The van der Waals surface area contributed by atoms with Crippen LogP contribution in [0, 0.1) is 5.41 Å². The van der Waals surface area contributed by atoms with Gasteiger partial charge in [-0.25, -0.2) is 0 Å². The van der Waals surface area contributed by atoms with E-state index >= 15 is 0 Å². The molecule has 4 N–H and O–H groups in total. The lowest BCUT2D eigenvalue weighted by atomic mass is 9.89. The van der Waals surface area contributed by atoms with Crippen molar-refractivity contribution in [3.8, 4) is 0 Å². The second-order valence-corrected chi connectivity index (χ2v) is 5.70. The highest BCUT2D eigenvalue weighted by Crippen LogP contribution is 2.29. The van der Waals surface area contributed by atoms with Gasteiger partial charge >= 0.3 is 0 Å². The molecule has 2 amide bonds. The summed E-state index contributed by atoms with van der Waals surface area (Å²) in [5.41, 5.74) is 4.82. The van der Waals surface area contributed by atoms with E-state index in [0.717, 1.165) is 6.54 Å². The number of nitrogens with zero attached hydrogens (tertiary/aromatic N) is 1. The molecule has 2 fully saturated rings. The monoisotopic (exact) mass is 254 g/mol. The van der Waals surface area contributed by atoms with E-state index in [1.165, 1.54) is 0 Å². The number of nitrogens with one attached hydrogen (secondary N) is 2. The number of hydrogen-bond acceptors (Lipinski definition) is 4. The Bertz CT molecular complexity index is 352. The molecule has 2 rings (SSSR count). The standard InChI is InChI=1S/C12H22N4O2/c1-8-5-15-9(6-14-8)10(17)16-4-3-12(2,7-16)11(13)18/h8-9,14-15H,3-7H2,1-2H3,(H2,13,18). The molecule has 0 aromatic carbocycles. The van der Waals surface area contributed by atoms with Crippen molar-refractivity contribution in [2.24, 2.45) is 11.1 Å². The van der Waals surface area contributed by atoms with Crippen molar-refractivity contribution in [3.05, 3.63) is 0 Å². The fourth-order valence-electron chi connectivity index (χ4n) is 2.53. The summed E-state index contributed by atoms with van der Waals surface area (Å²) in [6, 6.07) is 0.208. The maximum absolute atomic E-state index is 12.3. The highest BCUT2D eigenvalue weighted by atomic mass is 16.2. The summed E-state index contributed by atoms with van der Waals surface area (Å²) in [5.74, 6) is -0.250. The first-order chi connectivity index (χ1) is 8.42. The van der Waals surface area contributed by atoms with Crippen LogP contribution in [0.1, 0.15) is 20.3 Å². The molecule has 0 radical (unpaired) electrons. The Morgan fingerprint density at radius 3 is 2.56 bits per heavy atom. The summed E-state index contributed by atoms with van der Waals surface area (Å²) in [6.45, 7) is 6.40. The van der Waals surface area contributed by atoms with E-state index in [9.17, 15) is 9.59 Å². The van der Waals surface area contributed by atoms with Crippen LogP contribution in [0.3, 0.4) is 0 Å². The molecule has 2 saturated heterocycles. The molecule has 6 heteroatoms. The van der Waals surface area contributed by atoms with E-state index in [1.807, 2.05) is 6.92 Å². The van der Waals surface area contributed by atoms with Crippen molar-refractivity contribution in [1.82, 2.24) is 15.5 Å². The lowest BCUT2D eigenvalue weighted by molar-refractivity contribution is -0.133. The lowest BCUT2D eigenvalue weighted by Gasteiger charge is -2.31. The first-order valence-corrected chi connectivity index (χ1v) is 6.48. The molecule has 0 saturated carbocycles. The average Bonchev–Trinajstić information content (AvgIpc) is 2.73. The van der Waals surface area contributed by atoms with Crippen LogP contribution >= 0.6 is 0 Å². The molecule has 2 aliphatic rings. The number of hydrogen-bond donors (Lipinski definition) is 3. The van der Waals surface area contributed by atoms with E-state index in [2.05, 4.69) is 17.6 Å². The maximum atomic E-state index is 12.3. The normalized spacial score (nSPS) is 36.7. The van der Waals surface area contributed by atoms with Gasteiger partial charge in [-0.2, -0.15) is 0 Å². The largest absolute Gasteiger partial charge is 0.369 e. The van der Waals surface area contributed by atoms with Crippen LogP contribution in [-0.4, -0.2) is 55.0 Å². The van der Waals surface area contributed by atoms with Gasteiger partial charge < -0.3 is 21.3 Å². The molecule has 3 unspecified atom stereocenters. The number of carbonyl (C=O) groups is 2. The highest BCUT2D eigenvalue weighted by molar-refractivity contribution is 5.86. The van der Waals surface area contributed by atoms with Crippen molar-refractivity contribution >= 4 is 11.8 Å². The quantitative estimate of drug-likeness (QED) is 0.569. The van der Waals surface area contributed by atoms with Gasteiger partial charge in [0.1, 0.15) is 0 Å². The number of likely N-dealkylation sites (tertiary alicyclic amines) is 1. The van der Waals surface area contributed by atoms with Crippen LogP contribution in [0.4, 0.5) is 0 Å². The van der Waals surface area contributed by atoms with Crippen LogP contribution in [0.5, 0.6) is 0 Å². The molecule has 0 aromatic rings. The number of carbonyl (C=O) groups excluding carboxylic acids is 2. The number of piperazine rings is 1. The van der Waals surface area contributed by atoms with Gasteiger partial charge in [-0.15, -0.1) is 0 Å². The van der Waals surface area contributed by atoms with Crippen LogP contribution in [0.15, 0.2) is 0 Å². The van der Waals surface area contributed by atoms with E-state index in [-0.39, 0.29) is 17.9 Å². The van der Waals surface area contributed by atoms with E-state index in [1.54, 1.807) is 4.90 Å². The zero-order chi connectivity index (χ0) is 13.3. The molecule has 102 valence electrons. The Hall–Kier alpha value is -1.14. The second kappa shape index (κ2) is 4.85. The second-order valence-electron chi connectivity index (χ2n) is 5.70. The fraction of sp³-hybridized carbons (Fsp3) is 0.833. The predicted molar refractivity (Wildman–Crippen MR) is 67.8 cm³/mol. The summed E-state index contributed by atoms with van der Waals surface area (Å²) in [5, 5.41) is 6.51. The Labute approximate surface area is 107 Å². The van der Waals surface area contributed by atoms with E-state index in [0.29, 0.717) is 32.1 Å². The van der Waals surface area contributed by atoms with Crippen molar-refractivity contribution in [3.63, 3.8) is 0 Å². The summed E-state index contributed by atoms with van der Waals surface area (Å²) in [7, 11) is 0.